The first kappa shape index (κ1) is 13.3. The molecule has 1 nitrogen and oxygen atoms in total. The van der Waals surface area contributed by atoms with Crippen LogP contribution < -0.4 is 0 Å². The third-order valence-electron chi connectivity index (χ3n) is 7.51. The highest BCUT2D eigenvalue weighted by molar-refractivity contribution is 5.91. The number of carbonyl (C=O) groups excluding carboxylic acids is 1. The molecule has 0 spiro atoms. The molecular formula is C21H26O. The van der Waals surface area contributed by atoms with E-state index < -0.39 is 0 Å². The van der Waals surface area contributed by atoms with Crippen LogP contribution in [0.2, 0.25) is 0 Å². The smallest absolute Gasteiger partial charge is 0.143 e. The molecule has 0 bridgehead atoms. The highest BCUT2D eigenvalue weighted by atomic mass is 16.1. The molecule has 6 unspecified atom stereocenters. The summed E-state index contributed by atoms with van der Waals surface area (Å²) in [4.78, 5) is 13.2. The molecule has 4 aliphatic rings. The van der Waals surface area contributed by atoms with Crippen molar-refractivity contribution in [1.82, 2.24) is 0 Å². The van der Waals surface area contributed by atoms with Gasteiger partial charge in [-0.2, -0.15) is 0 Å². The number of aryl methyl sites for hydroxylation is 1. The van der Waals surface area contributed by atoms with Gasteiger partial charge in [-0.05, 0) is 66.9 Å². The van der Waals surface area contributed by atoms with Gasteiger partial charge in [0.2, 0.25) is 0 Å². The fourth-order valence-corrected chi connectivity index (χ4v) is 6.73. The molecule has 1 heteroatoms. The van der Waals surface area contributed by atoms with Crippen LogP contribution in [-0.2, 0) is 11.2 Å². The van der Waals surface area contributed by atoms with Gasteiger partial charge < -0.3 is 0 Å². The van der Waals surface area contributed by atoms with Gasteiger partial charge in [-0.3, -0.25) is 4.79 Å². The maximum absolute atomic E-state index is 13.2. The lowest BCUT2D eigenvalue weighted by Crippen LogP contribution is -2.38. The van der Waals surface area contributed by atoms with Crippen LogP contribution >= 0.6 is 0 Å². The van der Waals surface area contributed by atoms with E-state index in [1.165, 1.54) is 62.5 Å². The van der Waals surface area contributed by atoms with E-state index in [0.29, 0.717) is 17.6 Å². The van der Waals surface area contributed by atoms with Gasteiger partial charge in [0.05, 0.1) is 0 Å². The monoisotopic (exact) mass is 294 g/mol. The van der Waals surface area contributed by atoms with Crippen LogP contribution in [0, 0.1) is 29.6 Å². The molecule has 4 aliphatic carbocycles. The van der Waals surface area contributed by atoms with Gasteiger partial charge >= 0.3 is 0 Å². The SMILES string of the molecule is O=C1C2CCC3CCCCC3C2C2CCc3ccccc3C12. The van der Waals surface area contributed by atoms with E-state index in [-0.39, 0.29) is 5.92 Å². The fraction of sp³-hybridized carbons (Fsp3) is 0.667. The topological polar surface area (TPSA) is 17.1 Å². The van der Waals surface area contributed by atoms with Gasteiger partial charge in [-0.1, -0.05) is 43.5 Å². The Morgan fingerprint density at radius 1 is 0.864 bits per heavy atom. The van der Waals surface area contributed by atoms with Gasteiger partial charge in [0.1, 0.15) is 5.78 Å². The zero-order valence-electron chi connectivity index (χ0n) is 13.3. The van der Waals surface area contributed by atoms with Crippen LogP contribution in [-0.4, -0.2) is 5.78 Å². The van der Waals surface area contributed by atoms with Crippen LogP contribution in [0.5, 0.6) is 0 Å². The number of Topliss-reactive ketones (excluding diaryl/α,β-unsaturated/α-hetero) is 1. The van der Waals surface area contributed by atoms with Crippen molar-refractivity contribution in [2.45, 2.75) is 57.3 Å². The van der Waals surface area contributed by atoms with Gasteiger partial charge in [0, 0.05) is 11.8 Å². The van der Waals surface area contributed by atoms with Crippen molar-refractivity contribution >= 4 is 5.78 Å². The van der Waals surface area contributed by atoms with Crippen molar-refractivity contribution in [2.24, 2.45) is 29.6 Å². The van der Waals surface area contributed by atoms with Gasteiger partial charge in [-0.15, -0.1) is 0 Å². The minimum atomic E-state index is 0.251. The number of hydrogen-bond acceptors (Lipinski definition) is 1. The molecule has 3 saturated carbocycles. The Balaban J connectivity index is 1.56. The first-order valence-electron chi connectivity index (χ1n) is 9.46. The average Bonchev–Trinajstić information content (AvgIpc) is 2.88. The first-order valence-corrected chi connectivity index (χ1v) is 9.46. The van der Waals surface area contributed by atoms with Crippen molar-refractivity contribution in [2.75, 3.05) is 0 Å². The highest BCUT2D eigenvalue weighted by Gasteiger charge is 2.56. The molecule has 0 amide bonds. The van der Waals surface area contributed by atoms with Crippen molar-refractivity contribution in [3.8, 4) is 0 Å². The summed E-state index contributed by atoms with van der Waals surface area (Å²) in [5, 5.41) is 0. The summed E-state index contributed by atoms with van der Waals surface area (Å²) in [6.07, 6.45) is 10.7. The van der Waals surface area contributed by atoms with Crippen LogP contribution in [0.25, 0.3) is 0 Å². The van der Waals surface area contributed by atoms with Crippen molar-refractivity contribution in [3.05, 3.63) is 35.4 Å². The summed E-state index contributed by atoms with van der Waals surface area (Å²) in [7, 11) is 0. The summed E-state index contributed by atoms with van der Waals surface area (Å²) >= 11 is 0. The zero-order chi connectivity index (χ0) is 14.7. The lowest BCUT2D eigenvalue weighted by atomic mass is 9.59. The zero-order valence-corrected chi connectivity index (χ0v) is 13.3. The van der Waals surface area contributed by atoms with Crippen LogP contribution in [0.1, 0.15) is 62.0 Å². The Morgan fingerprint density at radius 2 is 1.73 bits per heavy atom. The normalized spacial score (nSPS) is 43.0. The van der Waals surface area contributed by atoms with Crippen molar-refractivity contribution in [1.29, 1.82) is 0 Å². The number of benzene rings is 1. The van der Waals surface area contributed by atoms with Crippen LogP contribution in [0.15, 0.2) is 24.3 Å². The summed E-state index contributed by atoms with van der Waals surface area (Å²) in [5.41, 5.74) is 2.85. The number of rotatable bonds is 0. The molecule has 0 saturated heterocycles. The minimum absolute atomic E-state index is 0.251. The van der Waals surface area contributed by atoms with Crippen LogP contribution in [0.4, 0.5) is 0 Å². The molecule has 3 fully saturated rings. The predicted molar refractivity (Wildman–Crippen MR) is 87.7 cm³/mol. The molecular weight excluding hydrogens is 268 g/mol. The first-order chi connectivity index (χ1) is 10.8. The lowest BCUT2D eigenvalue weighted by Gasteiger charge is -2.45. The fourth-order valence-electron chi connectivity index (χ4n) is 6.73. The molecule has 0 heterocycles. The van der Waals surface area contributed by atoms with Gasteiger partial charge in [0.25, 0.3) is 0 Å². The summed E-state index contributed by atoms with van der Waals surface area (Å²) < 4.78 is 0. The molecule has 0 radical (unpaired) electrons. The highest BCUT2D eigenvalue weighted by Crippen LogP contribution is 2.60. The minimum Gasteiger partial charge on any atom is -0.299 e. The third-order valence-corrected chi connectivity index (χ3v) is 7.51. The molecule has 0 aromatic heterocycles. The number of hydrogen-bond donors (Lipinski definition) is 0. The van der Waals surface area contributed by atoms with Crippen molar-refractivity contribution in [3.63, 3.8) is 0 Å². The lowest BCUT2D eigenvalue weighted by molar-refractivity contribution is -0.124. The van der Waals surface area contributed by atoms with E-state index in [9.17, 15) is 4.79 Å². The maximum atomic E-state index is 13.2. The van der Waals surface area contributed by atoms with Crippen LogP contribution in [0.3, 0.4) is 0 Å². The standard InChI is InChI=1S/C21H26O/c22-21-18-12-10-13-5-1-3-7-15(13)19(18)17-11-9-14-6-2-4-8-16(14)20(17)21/h2,4,6,8,13,15,17-20H,1,3,5,7,9-12H2. The Labute approximate surface area is 133 Å². The van der Waals surface area contributed by atoms with Gasteiger partial charge in [-0.25, -0.2) is 0 Å². The Kier molecular flexibility index (Phi) is 3.00. The maximum Gasteiger partial charge on any atom is 0.143 e. The molecule has 116 valence electrons. The Morgan fingerprint density at radius 3 is 2.68 bits per heavy atom. The number of carbonyl (C=O) groups is 1. The predicted octanol–water partition coefficient (Wildman–Crippen LogP) is 4.75. The van der Waals surface area contributed by atoms with E-state index >= 15 is 0 Å². The Hall–Kier alpha value is -1.11. The largest absolute Gasteiger partial charge is 0.299 e. The van der Waals surface area contributed by atoms with E-state index in [1.54, 1.807) is 0 Å². The van der Waals surface area contributed by atoms with Gasteiger partial charge in [0.15, 0.2) is 0 Å². The molecule has 0 aliphatic heterocycles. The molecule has 1 aromatic rings. The number of ketones is 1. The number of fused-ring (bicyclic) bond motifs is 7. The second kappa shape index (κ2) is 4.94. The van der Waals surface area contributed by atoms with E-state index in [4.69, 9.17) is 0 Å². The van der Waals surface area contributed by atoms with Crippen molar-refractivity contribution < 1.29 is 4.79 Å². The molecule has 0 N–H and O–H groups in total. The molecule has 1 aromatic carbocycles. The molecule has 5 rings (SSSR count). The second-order valence-electron chi connectivity index (χ2n) is 8.25. The molecule has 6 atom stereocenters. The second-order valence-corrected chi connectivity index (χ2v) is 8.25. The summed E-state index contributed by atoms with van der Waals surface area (Å²) in [5.74, 6) is 4.48. The van der Waals surface area contributed by atoms with E-state index in [1.807, 2.05) is 0 Å². The molecule has 22 heavy (non-hydrogen) atoms. The van der Waals surface area contributed by atoms with E-state index in [0.717, 1.165) is 17.8 Å². The summed E-state index contributed by atoms with van der Waals surface area (Å²) in [6.45, 7) is 0. The summed E-state index contributed by atoms with van der Waals surface area (Å²) in [6, 6.07) is 8.78. The average molecular weight is 294 g/mol. The quantitative estimate of drug-likeness (QED) is 0.675. The third kappa shape index (κ3) is 1.74. The van der Waals surface area contributed by atoms with E-state index in [2.05, 4.69) is 24.3 Å². The Bertz CT molecular complexity index is 604.